The maximum absolute atomic E-state index is 5.45. The normalized spacial score (nSPS) is 20.0. The van der Waals surface area contributed by atoms with Crippen LogP contribution in [0.25, 0.3) is 5.69 Å². The topological polar surface area (TPSA) is 33.5 Å². The second-order valence-electron chi connectivity index (χ2n) is 9.99. The zero-order valence-electron chi connectivity index (χ0n) is 19.2. The molecule has 0 aliphatic carbocycles. The number of morpholine rings is 1. The van der Waals surface area contributed by atoms with Crippen LogP contribution in [0, 0.1) is 6.92 Å². The molecule has 0 amide bonds. The van der Waals surface area contributed by atoms with E-state index in [9.17, 15) is 0 Å². The zero-order chi connectivity index (χ0) is 21.1. The molecule has 0 bridgehead atoms. The Kier molecular flexibility index (Phi) is 6.61. The number of likely N-dealkylation sites (tertiary alicyclic amines) is 1. The van der Waals surface area contributed by atoms with Gasteiger partial charge in [0.05, 0.1) is 24.6 Å². The number of hydrogen-bond acceptors (Lipinski definition) is 4. The van der Waals surface area contributed by atoms with Gasteiger partial charge in [-0.2, -0.15) is 5.10 Å². The molecule has 0 spiro atoms. The summed E-state index contributed by atoms with van der Waals surface area (Å²) >= 11 is 0. The molecule has 0 unspecified atom stereocenters. The van der Waals surface area contributed by atoms with E-state index in [1.807, 2.05) is 0 Å². The summed E-state index contributed by atoms with van der Waals surface area (Å²) < 4.78 is 7.57. The van der Waals surface area contributed by atoms with Gasteiger partial charge in [-0.1, -0.05) is 32.9 Å². The Labute approximate surface area is 182 Å². The van der Waals surface area contributed by atoms with Crippen LogP contribution >= 0.6 is 0 Å². The molecule has 2 aromatic rings. The molecule has 0 N–H and O–H groups in total. The van der Waals surface area contributed by atoms with E-state index >= 15 is 0 Å². The Morgan fingerprint density at radius 3 is 2.13 bits per heavy atom. The number of benzene rings is 1. The average Bonchev–Trinajstić information content (AvgIpc) is 3.14. The first-order valence-corrected chi connectivity index (χ1v) is 11.6. The minimum absolute atomic E-state index is 0.179. The van der Waals surface area contributed by atoms with Crippen LogP contribution in [0.3, 0.4) is 0 Å². The lowest BCUT2D eigenvalue weighted by atomic mass is 9.87. The smallest absolute Gasteiger partial charge is 0.0663 e. The van der Waals surface area contributed by atoms with E-state index in [-0.39, 0.29) is 5.41 Å². The van der Waals surface area contributed by atoms with Crippen LogP contribution in [0.2, 0.25) is 0 Å². The maximum atomic E-state index is 5.45. The molecule has 2 fully saturated rings. The Hall–Kier alpha value is -1.69. The van der Waals surface area contributed by atoms with E-state index in [1.54, 1.807) is 0 Å². The van der Waals surface area contributed by atoms with Crippen molar-refractivity contribution in [3.8, 4) is 5.69 Å². The van der Waals surface area contributed by atoms with Gasteiger partial charge in [0.25, 0.3) is 0 Å². The highest BCUT2D eigenvalue weighted by Gasteiger charge is 2.24. The molecule has 5 nitrogen and oxygen atoms in total. The molecule has 2 saturated heterocycles. The summed E-state index contributed by atoms with van der Waals surface area (Å²) in [5, 5.41) is 5.02. The SMILES string of the molecule is Cc1cc(C2CCN(CCN3CCOCC3)CC2)nn1-c1ccc(C(C)(C)C)cc1. The van der Waals surface area contributed by atoms with Crippen LogP contribution in [0.5, 0.6) is 0 Å². The third-order valence-corrected chi connectivity index (χ3v) is 6.73. The molecule has 0 saturated carbocycles. The summed E-state index contributed by atoms with van der Waals surface area (Å²) in [6, 6.07) is 11.2. The van der Waals surface area contributed by atoms with Crippen molar-refractivity contribution in [3.63, 3.8) is 0 Å². The second kappa shape index (κ2) is 9.21. The number of rotatable bonds is 5. The number of aromatic nitrogens is 2. The molecule has 0 radical (unpaired) electrons. The van der Waals surface area contributed by atoms with E-state index in [0.29, 0.717) is 5.92 Å². The summed E-state index contributed by atoms with van der Waals surface area (Å²) in [7, 11) is 0. The van der Waals surface area contributed by atoms with Crippen LogP contribution in [0.15, 0.2) is 30.3 Å². The number of ether oxygens (including phenoxy) is 1. The van der Waals surface area contributed by atoms with Crippen molar-refractivity contribution in [2.24, 2.45) is 0 Å². The number of aryl methyl sites for hydroxylation is 1. The predicted molar refractivity (Wildman–Crippen MR) is 123 cm³/mol. The summed E-state index contributed by atoms with van der Waals surface area (Å²) in [4.78, 5) is 5.16. The molecule has 1 aromatic heterocycles. The van der Waals surface area contributed by atoms with Crippen molar-refractivity contribution >= 4 is 0 Å². The Bertz CT molecular complexity index is 807. The van der Waals surface area contributed by atoms with Crippen molar-refractivity contribution in [1.29, 1.82) is 0 Å². The van der Waals surface area contributed by atoms with Crippen LogP contribution in [-0.4, -0.2) is 72.1 Å². The largest absolute Gasteiger partial charge is 0.379 e. The summed E-state index contributed by atoms with van der Waals surface area (Å²) in [6.07, 6.45) is 2.42. The van der Waals surface area contributed by atoms with E-state index in [4.69, 9.17) is 9.84 Å². The molecule has 30 heavy (non-hydrogen) atoms. The van der Waals surface area contributed by atoms with Gasteiger partial charge in [-0.25, -0.2) is 4.68 Å². The minimum atomic E-state index is 0.179. The van der Waals surface area contributed by atoms with E-state index < -0.39 is 0 Å². The van der Waals surface area contributed by atoms with Crippen molar-refractivity contribution in [2.45, 2.75) is 51.9 Å². The molecule has 164 valence electrons. The standard InChI is InChI=1S/C25H38N4O/c1-20-19-24(26-29(20)23-7-5-22(6-8-23)25(2,3)4)21-9-11-27(12-10-21)13-14-28-15-17-30-18-16-28/h5-8,19,21H,9-18H2,1-4H3. The highest BCUT2D eigenvalue weighted by atomic mass is 16.5. The van der Waals surface area contributed by atoms with Crippen LogP contribution in [0.1, 0.15) is 56.5 Å². The Balaban J connectivity index is 1.33. The third-order valence-electron chi connectivity index (χ3n) is 6.73. The fourth-order valence-electron chi connectivity index (χ4n) is 4.62. The van der Waals surface area contributed by atoms with Crippen molar-refractivity contribution < 1.29 is 4.74 Å². The Morgan fingerprint density at radius 2 is 1.53 bits per heavy atom. The lowest BCUT2D eigenvalue weighted by molar-refractivity contribution is 0.0320. The summed E-state index contributed by atoms with van der Waals surface area (Å²) in [5.74, 6) is 0.582. The highest BCUT2D eigenvalue weighted by molar-refractivity contribution is 5.38. The molecule has 0 atom stereocenters. The van der Waals surface area contributed by atoms with Crippen LogP contribution in [-0.2, 0) is 10.2 Å². The first kappa shape index (κ1) is 21.5. The molecule has 1 aromatic carbocycles. The third kappa shape index (κ3) is 5.13. The van der Waals surface area contributed by atoms with E-state index in [0.717, 1.165) is 32.0 Å². The molecule has 3 heterocycles. The van der Waals surface area contributed by atoms with Gasteiger partial charge in [-0.15, -0.1) is 0 Å². The molecule has 4 rings (SSSR count). The van der Waals surface area contributed by atoms with E-state index in [1.165, 1.54) is 56.0 Å². The van der Waals surface area contributed by atoms with Crippen LogP contribution < -0.4 is 0 Å². The molecular weight excluding hydrogens is 372 g/mol. The monoisotopic (exact) mass is 410 g/mol. The Morgan fingerprint density at radius 1 is 0.933 bits per heavy atom. The van der Waals surface area contributed by atoms with Gasteiger partial charge in [-0.3, -0.25) is 4.90 Å². The zero-order valence-corrected chi connectivity index (χ0v) is 19.2. The summed E-state index contributed by atoms with van der Waals surface area (Å²) in [6.45, 7) is 17.6. The maximum Gasteiger partial charge on any atom is 0.0663 e. The number of nitrogens with zero attached hydrogens (tertiary/aromatic N) is 4. The average molecular weight is 411 g/mol. The molecule has 2 aliphatic heterocycles. The van der Waals surface area contributed by atoms with Crippen molar-refractivity contribution in [1.82, 2.24) is 19.6 Å². The van der Waals surface area contributed by atoms with Crippen molar-refractivity contribution in [3.05, 3.63) is 47.3 Å². The van der Waals surface area contributed by atoms with Gasteiger partial charge in [-0.05, 0) is 62.0 Å². The number of piperidine rings is 1. The van der Waals surface area contributed by atoms with Gasteiger partial charge >= 0.3 is 0 Å². The molecular formula is C25H38N4O. The van der Waals surface area contributed by atoms with Gasteiger partial charge in [0.1, 0.15) is 0 Å². The quantitative estimate of drug-likeness (QED) is 0.746. The lowest BCUT2D eigenvalue weighted by Gasteiger charge is -2.34. The van der Waals surface area contributed by atoms with E-state index in [2.05, 4.69) is 72.5 Å². The molecule has 5 heteroatoms. The fraction of sp³-hybridized carbons (Fsp3) is 0.640. The predicted octanol–water partition coefficient (Wildman–Crippen LogP) is 3.99. The van der Waals surface area contributed by atoms with Crippen molar-refractivity contribution in [2.75, 3.05) is 52.5 Å². The first-order valence-electron chi connectivity index (χ1n) is 11.6. The molecule has 2 aliphatic rings. The van der Waals surface area contributed by atoms with Gasteiger partial charge < -0.3 is 9.64 Å². The highest BCUT2D eigenvalue weighted by Crippen LogP contribution is 2.29. The number of hydrogen-bond donors (Lipinski definition) is 0. The van der Waals surface area contributed by atoms with Gasteiger partial charge in [0.2, 0.25) is 0 Å². The second-order valence-corrected chi connectivity index (χ2v) is 9.99. The first-order chi connectivity index (χ1) is 14.4. The van der Waals surface area contributed by atoms with Gasteiger partial charge in [0.15, 0.2) is 0 Å². The van der Waals surface area contributed by atoms with Crippen LogP contribution in [0.4, 0.5) is 0 Å². The lowest BCUT2D eigenvalue weighted by Crippen LogP contribution is -2.43. The summed E-state index contributed by atoms with van der Waals surface area (Å²) in [5.41, 5.74) is 5.19. The minimum Gasteiger partial charge on any atom is -0.379 e. The van der Waals surface area contributed by atoms with Gasteiger partial charge in [0, 0.05) is 37.8 Å². The fourth-order valence-corrected chi connectivity index (χ4v) is 4.62.